The van der Waals surface area contributed by atoms with Crippen LogP contribution in [0.1, 0.15) is 71.6 Å². The summed E-state index contributed by atoms with van der Waals surface area (Å²) in [7, 11) is 0. The first-order valence-electron chi connectivity index (χ1n) is 8.73. The van der Waals surface area contributed by atoms with Gasteiger partial charge in [0, 0.05) is 25.2 Å². The fourth-order valence-corrected chi connectivity index (χ4v) is 3.74. The van der Waals surface area contributed by atoms with Gasteiger partial charge in [-0.15, -0.1) is 0 Å². The topological polar surface area (TPSA) is 15.3 Å². The van der Waals surface area contributed by atoms with Gasteiger partial charge in [-0.1, -0.05) is 32.1 Å². The molecule has 0 aromatic rings. The maximum absolute atomic E-state index is 3.71. The van der Waals surface area contributed by atoms with Gasteiger partial charge >= 0.3 is 0 Å². The summed E-state index contributed by atoms with van der Waals surface area (Å²) in [6, 6.07) is 1.45. The van der Waals surface area contributed by atoms with Crippen molar-refractivity contribution in [2.24, 2.45) is 5.92 Å². The van der Waals surface area contributed by atoms with Crippen LogP contribution in [-0.2, 0) is 0 Å². The van der Waals surface area contributed by atoms with Gasteiger partial charge in [-0.3, -0.25) is 4.90 Å². The molecule has 2 fully saturated rings. The molecule has 1 N–H and O–H groups in total. The van der Waals surface area contributed by atoms with E-state index in [1.807, 2.05) is 0 Å². The average molecular weight is 266 g/mol. The molecule has 2 heteroatoms. The van der Waals surface area contributed by atoms with Crippen molar-refractivity contribution in [3.05, 3.63) is 0 Å². The summed E-state index contributed by atoms with van der Waals surface area (Å²) in [5.41, 5.74) is 0. The first-order valence-corrected chi connectivity index (χ1v) is 8.73. The van der Waals surface area contributed by atoms with E-state index in [9.17, 15) is 0 Å². The van der Waals surface area contributed by atoms with Crippen molar-refractivity contribution in [1.82, 2.24) is 10.2 Å². The molecule has 0 aromatic carbocycles. The minimum Gasteiger partial charge on any atom is -0.313 e. The van der Waals surface area contributed by atoms with Gasteiger partial charge in [0.25, 0.3) is 0 Å². The minimum atomic E-state index is 0.701. The highest BCUT2D eigenvalue weighted by molar-refractivity contribution is 4.79. The van der Waals surface area contributed by atoms with E-state index in [1.165, 1.54) is 77.4 Å². The first kappa shape index (κ1) is 15.3. The molecular formula is C17H34N2. The van der Waals surface area contributed by atoms with Crippen LogP contribution < -0.4 is 5.32 Å². The summed E-state index contributed by atoms with van der Waals surface area (Å²) in [6.45, 7) is 8.60. The Balaban J connectivity index is 1.80. The Hall–Kier alpha value is -0.0800. The zero-order valence-electron chi connectivity index (χ0n) is 13.2. The van der Waals surface area contributed by atoms with Gasteiger partial charge in [-0.05, 0) is 52.0 Å². The molecule has 1 unspecified atom stereocenters. The SMILES string of the molecule is CC(C)N(CC1CCCCCC1)CC1CCCCN1. The van der Waals surface area contributed by atoms with Crippen LogP contribution in [0.3, 0.4) is 0 Å². The van der Waals surface area contributed by atoms with Crippen molar-refractivity contribution in [1.29, 1.82) is 0 Å². The van der Waals surface area contributed by atoms with Gasteiger partial charge in [0.15, 0.2) is 0 Å². The van der Waals surface area contributed by atoms with E-state index in [0.717, 1.165) is 12.0 Å². The predicted octanol–water partition coefficient (Wildman–Crippen LogP) is 3.81. The Labute approximate surface area is 120 Å². The lowest BCUT2D eigenvalue weighted by atomic mass is 9.98. The number of nitrogens with one attached hydrogen (secondary N) is 1. The molecule has 0 radical (unpaired) electrons. The molecule has 2 nitrogen and oxygen atoms in total. The van der Waals surface area contributed by atoms with Crippen molar-refractivity contribution in [2.75, 3.05) is 19.6 Å². The van der Waals surface area contributed by atoms with E-state index in [1.54, 1.807) is 0 Å². The van der Waals surface area contributed by atoms with Crippen LogP contribution >= 0.6 is 0 Å². The fourth-order valence-electron chi connectivity index (χ4n) is 3.74. The summed E-state index contributed by atoms with van der Waals surface area (Å²) < 4.78 is 0. The highest BCUT2D eigenvalue weighted by Gasteiger charge is 2.22. The Morgan fingerprint density at radius 2 is 1.58 bits per heavy atom. The third kappa shape index (κ3) is 5.43. The van der Waals surface area contributed by atoms with Gasteiger partial charge < -0.3 is 5.32 Å². The summed E-state index contributed by atoms with van der Waals surface area (Å²) in [4.78, 5) is 2.75. The van der Waals surface area contributed by atoms with E-state index >= 15 is 0 Å². The van der Waals surface area contributed by atoms with E-state index in [2.05, 4.69) is 24.1 Å². The summed E-state index contributed by atoms with van der Waals surface area (Å²) in [6.07, 6.45) is 13.0. The van der Waals surface area contributed by atoms with Crippen LogP contribution in [0.25, 0.3) is 0 Å². The smallest absolute Gasteiger partial charge is 0.0195 e. The van der Waals surface area contributed by atoms with Gasteiger partial charge in [0.2, 0.25) is 0 Å². The van der Waals surface area contributed by atoms with E-state index in [-0.39, 0.29) is 0 Å². The summed E-state index contributed by atoms with van der Waals surface area (Å²) in [5, 5.41) is 3.71. The largest absolute Gasteiger partial charge is 0.313 e. The monoisotopic (exact) mass is 266 g/mol. The van der Waals surface area contributed by atoms with Gasteiger partial charge in [-0.2, -0.15) is 0 Å². The second-order valence-corrected chi connectivity index (χ2v) is 7.05. The van der Waals surface area contributed by atoms with Crippen molar-refractivity contribution in [3.8, 4) is 0 Å². The van der Waals surface area contributed by atoms with Gasteiger partial charge in [0.05, 0.1) is 0 Å². The highest BCUT2D eigenvalue weighted by atomic mass is 15.2. The fraction of sp³-hybridized carbons (Fsp3) is 1.00. The first-order chi connectivity index (χ1) is 9.25. The van der Waals surface area contributed by atoms with E-state index < -0.39 is 0 Å². The average Bonchev–Trinajstić information content (AvgIpc) is 2.68. The normalized spacial score (nSPS) is 26.8. The number of nitrogens with zero attached hydrogens (tertiary/aromatic N) is 1. The van der Waals surface area contributed by atoms with Crippen LogP contribution in [0.5, 0.6) is 0 Å². The van der Waals surface area contributed by atoms with Crippen LogP contribution in [0, 0.1) is 5.92 Å². The molecule has 1 aliphatic heterocycles. The molecule has 1 heterocycles. The van der Waals surface area contributed by atoms with Crippen LogP contribution in [-0.4, -0.2) is 36.6 Å². The van der Waals surface area contributed by atoms with Crippen molar-refractivity contribution in [3.63, 3.8) is 0 Å². The van der Waals surface area contributed by atoms with Crippen LogP contribution in [0.15, 0.2) is 0 Å². The van der Waals surface area contributed by atoms with Crippen LogP contribution in [0.4, 0.5) is 0 Å². The van der Waals surface area contributed by atoms with Crippen LogP contribution in [0.2, 0.25) is 0 Å². The summed E-state index contributed by atoms with van der Waals surface area (Å²) in [5.74, 6) is 0.966. The molecule has 1 saturated carbocycles. The molecule has 2 rings (SSSR count). The lowest BCUT2D eigenvalue weighted by Crippen LogP contribution is -2.47. The van der Waals surface area contributed by atoms with E-state index in [0.29, 0.717) is 6.04 Å². The lowest BCUT2D eigenvalue weighted by Gasteiger charge is -2.35. The standard InChI is InChI=1S/C17H34N2/c1-15(2)19(14-17-11-7-8-12-18-17)13-16-9-5-3-4-6-10-16/h15-18H,3-14H2,1-2H3. The maximum Gasteiger partial charge on any atom is 0.0195 e. The predicted molar refractivity (Wildman–Crippen MR) is 83.5 cm³/mol. The zero-order valence-corrected chi connectivity index (χ0v) is 13.2. The Bertz CT molecular complexity index is 225. The zero-order chi connectivity index (χ0) is 13.5. The quantitative estimate of drug-likeness (QED) is 0.761. The Morgan fingerprint density at radius 3 is 2.16 bits per heavy atom. The van der Waals surface area contributed by atoms with Gasteiger partial charge in [0.1, 0.15) is 0 Å². The highest BCUT2D eigenvalue weighted by Crippen LogP contribution is 2.24. The van der Waals surface area contributed by atoms with Crippen molar-refractivity contribution >= 4 is 0 Å². The molecule has 1 aliphatic carbocycles. The molecule has 1 saturated heterocycles. The second-order valence-electron chi connectivity index (χ2n) is 7.05. The minimum absolute atomic E-state index is 0.701. The molecule has 1 atom stereocenters. The molecule has 0 bridgehead atoms. The third-order valence-electron chi connectivity index (χ3n) is 5.07. The maximum atomic E-state index is 3.71. The lowest BCUT2D eigenvalue weighted by molar-refractivity contribution is 0.152. The molecule has 112 valence electrons. The molecule has 19 heavy (non-hydrogen) atoms. The molecule has 2 aliphatic rings. The third-order valence-corrected chi connectivity index (χ3v) is 5.07. The molecular weight excluding hydrogens is 232 g/mol. The Morgan fingerprint density at radius 1 is 0.895 bits per heavy atom. The molecule has 0 spiro atoms. The number of hydrogen-bond donors (Lipinski definition) is 1. The van der Waals surface area contributed by atoms with Crippen molar-refractivity contribution in [2.45, 2.75) is 83.7 Å². The summed E-state index contributed by atoms with van der Waals surface area (Å²) >= 11 is 0. The Kier molecular flexibility index (Phi) is 6.66. The molecule has 0 amide bonds. The second kappa shape index (κ2) is 8.26. The number of piperidine rings is 1. The van der Waals surface area contributed by atoms with Crippen molar-refractivity contribution < 1.29 is 0 Å². The number of rotatable bonds is 5. The van der Waals surface area contributed by atoms with Gasteiger partial charge in [-0.25, -0.2) is 0 Å². The van der Waals surface area contributed by atoms with E-state index in [4.69, 9.17) is 0 Å². The molecule has 0 aromatic heterocycles. The number of hydrogen-bond acceptors (Lipinski definition) is 2.